The van der Waals surface area contributed by atoms with E-state index in [1.54, 1.807) is 13.1 Å². The van der Waals surface area contributed by atoms with Gasteiger partial charge < -0.3 is 5.11 Å². The first-order valence-electron chi connectivity index (χ1n) is 7.36. The van der Waals surface area contributed by atoms with Gasteiger partial charge in [-0.3, -0.25) is 0 Å². The normalized spacial score (nSPS) is 14.3. The summed E-state index contributed by atoms with van der Waals surface area (Å²) in [4.78, 5) is 16.4. The molecule has 0 amide bonds. The molecule has 0 unspecified atom stereocenters. The van der Waals surface area contributed by atoms with E-state index in [-0.39, 0.29) is 11.7 Å². The molecule has 0 aliphatic heterocycles. The summed E-state index contributed by atoms with van der Waals surface area (Å²) in [5.41, 5.74) is 0.244. The first-order valence-corrected chi connectivity index (χ1v) is 7.36. The van der Waals surface area contributed by atoms with Gasteiger partial charge in [-0.1, -0.05) is 20.8 Å². The molecule has 0 aliphatic carbocycles. The van der Waals surface area contributed by atoms with Crippen LogP contribution in [-0.4, -0.2) is 30.5 Å². The highest BCUT2D eigenvalue weighted by atomic mass is 19.1. The van der Waals surface area contributed by atoms with Crippen molar-refractivity contribution in [3.63, 3.8) is 0 Å². The van der Waals surface area contributed by atoms with E-state index >= 15 is 0 Å². The Hall–Kier alpha value is -2.02. The average Bonchev–Trinajstić information content (AvgIpc) is 2.81. The Labute approximate surface area is 128 Å². The minimum Gasteiger partial charge on any atom is -0.391 e. The molecule has 0 bridgehead atoms. The summed E-state index contributed by atoms with van der Waals surface area (Å²) in [6.07, 6.45) is 2.59. The molecule has 6 nitrogen and oxygen atoms in total. The van der Waals surface area contributed by atoms with Crippen LogP contribution >= 0.6 is 0 Å². The molecule has 0 saturated carbocycles. The van der Waals surface area contributed by atoms with Crippen molar-refractivity contribution in [1.29, 1.82) is 0 Å². The Morgan fingerprint density at radius 1 is 1.36 bits per heavy atom. The van der Waals surface area contributed by atoms with Crippen molar-refractivity contribution in [2.75, 3.05) is 0 Å². The van der Waals surface area contributed by atoms with Crippen LogP contribution < -0.4 is 5.69 Å². The van der Waals surface area contributed by atoms with E-state index in [0.29, 0.717) is 6.42 Å². The molecule has 0 aromatic carbocycles. The highest BCUT2D eigenvalue weighted by Gasteiger charge is 2.21. The molecule has 2 rings (SSSR count). The lowest BCUT2D eigenvalue weighted by molar-refractivity contribution is 0.118. The molecule has 0 saturated heterocycles. The number of nitrogens with zero attached hydrogens (tertiary/aromatic N) is 4. The lowest BCUT2D eigenvalue weighted by Crippen LogP contribution is -2.33. The maximum absolute atomic E-state index is 14.2. The summed E-state index contributed by atoms with van der Waals surface area (Å²) in [5, 5.41) is 13.7. The van der Waals surface area contributed by atoms with Crippen molar-refractivity contribution in [3.05, 3.63) is 40.5 Å². The van der Waals surface area contributed by atoms with Gasteiger partial charge in [0.25, 0.3) is 0 Å². The molecule has 2 aromatic rings. The fourth-order valence-electron chi connectivity index (χ4n) is 2.35. The molecule has 1 N–H and O–H groups in total. The predicted molar refractivity (Wildman–Crippen MR) is 80.7 cm³/mol. The van der Waals surface area contributed by atoms with E-state index in [1.807, 2.05) is 20.8 Å². The first-order chi connectivity index (χ1) is 10.4. The Morgan fingerprint density at radius 3 is 2.55 bits per heavy atom. The maximum atomic E-state index is 14.2. The van der Waals surface area contributed by atoms with Crippen molar-refractivity contribution in [1.82, 2.24) is 19.3 Å². The Kier molecular flexibility index (Phi) is 4.75. The molecule has 2 heterocycles. The van der Waals surface area contributed by atoms with E-state index in [0.717, 1.165) is 10.1 Å². The standard InChI is InChI=1S/C15H21FN4O2/c1-5-13(10(4)21)20-15(22)19(8-18-20)14-12(16)6-11(7-17-14)9(2)3/h6-10,13,21H,5H2,1-4H3/t10-,13+/m1/s1. The van der Waals surface area contributed by atoms with Gasteiger partial charge in [0.2, 0.25) is 0 Å². The van der Waals surface area contributed by atoms with E-state index < -0.39 is 23.7 Å². The Balaban J connectivity index is 2.47. The predicted octanol–water partition coefficient (Wildman–Crippen LogP) is 2.02. The van der Waals surface area contributed by atoms with Gasteiger partial charge in [-0.05, 0) is 30.9 Å². The lowest BCUT2D eigenvalue weighted by Gasteiger charge is -2.16. The molecular formula is C15H21FN4O2. The minimum atomic E-state index is -0.729. The molecule has 120 valence electrons. The van der Waals surface area contributed by atoms with Crippen LogP contribution in [0.1, 0.15) is 51.6 Å². The fourth-order valence-corrected chi connectivity index (χ4v) is 2.35. The van der Waals surface area contributed by atoms with Crippen molar-refractivity contribution in [2.24, 2.45) is 0 Å². The monoisotopic (exact) mass is 308 g/mol. The van der Waals surface area contributed by atoms with Crippen LogP contribution in [0.2, 0.25) is 0 Å². The molecule has 2 atom stereocenters. The van der Waals surface area contributed by atoms with E-state index in [4.69, 9.17) is 0 Å². The number of hydrogen-bond acceptors (Lipinski definition) is 4. The number of pyridine rings is 1. The van der Waals surface area contributed by atoms with Crippen LogP contribution in [-0.2, 0) is 0 Å². The molecule has 0 spiro atoms. The first kappa shape index (κ1) is 16.4. The minimum absolute atomic E-state index is 0.0823. The van der Waals surface area contributed by atoms with Crippen molar-refractivity contribution in [3.8, 4) is 5.82 Å². The van der Waals surface area contributed by atoms with Crippen LogP contribution in [0, 0.1) is 5.82 Å². The van der Waals surface area contributed by atoms with Gasteiger partial charge in [0, 0.05) is 6.20 Å². The zero-order chi connectivity index (χ0) is 16.4. The zero-order valence-corrected chi connectivity index (χ0v) is 13.2. The topological polar surface area (TPSA) is 72.9 Å². The van der Waals surface area contributed by atoms with Crippen LogP contribution in [0.3, 0.4) is 0 Å². The number of rotatable bonds is 5. The van der Waals surface area contributed by atoms with Gasteiger partial charge in [0.15, 0.2) is 11.6 Å². The summed E-state index contributed by atoms with van der Waals surface area (Å²) in [6, 6.07) is 0.926. The average molecular weight is 308 g/mol. The maximum Gasteiger partial charge on any atom is 0.352 e. The van der Waals surface area contributed by atoms with Crippen LogP contribution in [0.15, 0.2) is 23.4 Å². The SMILES string of the molecule is CC[C@@H]([C@@H](C)O)n1ncn(-c2ncc(C(C)C)cc2F)c1=O. The number of aromatic nitrogens is 4. The summed E-state index contributed by atoms with van der Waals surface area (Å²) in [6.45, 7) is 7.32. The van der Waals surface area contributed by atoms with Crippen LogP contribution in [0.4, 0.5) is 4.39 Å². The van der Waals surface area contributed by atoms with Gasteiger partial charge in [-0.25, -0.2) is 23.4 Å². The second-order valence-electron chi connectivity index (χ2n) is 5.67. The van der Waals surface area contributed by atoms with E-state index in [9.17, 15) is 14.3 Å². The molecule has 2 aromatic heterocycles. The van der Waals surface area contributed by atoms with Gasteiger partial charge >= 0.3 is 5.69 Å². The third-order valence-corrected chi connectivity index (χ3v) is 3.72. The fraction of sp³-hybridized carbons (Fsp3) is 0.533. The molecule has 0 radical (unpaired) electrons. The van der Waals surface area contributed by atoms with Crippen molar-refractivity contribution < 1.29 is 9.50 Å². The van der Waals surface area contributed by atoms with Crippen LogP contribution in [0.25, 0.3) is 5.82 Å². The van der Waals surface area contributed by atoms with Gasteiger partial charge in [0.05, 0.1) is 12.1 Å². The Bertz CT molecular complexity index is 706. The van der Waals surface area contributed by atoms with Crippen molar-refractivity contribution in [2.45, 2.75) is 52.2 Å². The summed E-state index contributed by atoms with van der Waals surface area (Å²) < 4.78 is 16.4. The van der Waals surface area contributed by atoms with Gasteiger partial charge in [-0.2, -0.15) is 5.10 Å². The van der Waals surface area contributed by atoms with E-state index in [1.165, 1.54) is 17.1 Å². The van der Waals surface area contributed by atoms with Gasteiger partial charge in [-0.15, -0.1) is 0 Å². The highest BCUT2D eigenvalue weighted by molar-refractivity contribution is 5.28. The summed E-state index contributed by atoms with van der Waals surface area (Å²) in [5.74, 6) is -0.505. The lowest BCUT2D eigenvalue weighted by atomic mass is 10.1. The largest absolute Gasteiger partial charge is 0.391 e. The molecule has 22 heavy (non-hydrogen) atoms. The number of hydrogen-bond donors (Lipinski definition) is 1. The second kappa shape index (κ2) is 6.39. The molecular weight excluding hydrogens is 287 g/mol. The molecule has 0 aliphatic rings. The van der Waals surface area contributed by atoms with Crippen LogP contribution in [0.5, 0.6) is 0 Å². The number of aliphatic hydroxyl groups is 1. The molecule has 7 heteroatoms. The summed E-state index contributed by atoms with van der Waals surface area (Å²) >= 11 is 0. The second-order valence-corrected chi connectivity index (χ2v) is 5.67. The third-order valence-electron chi connectivity index (χ3n) is 3.72. The number of aliphatic hydroxyl groups excluding tert-OH is 1. The highest BCUT2D eigenvalue weighted by Crippen LogP contribution is 2.18. The smallest absolute Gasteiger partial charge is 0.352 e. The molecule has 0 fully saturated rings. The Morgan fingerprint density at radius 2 is 2.05 bits per heavy atom. The van der Waals surface area contributed by atoms with Crippen molar-refractivity contribution >= 4 is 0 Å². The van der Waals surface area contributed by atoms with Gasteiger partial charge in [0.1, 0.15) is 6.33 Å². The quantitative estimate of drug-likeness (QED) is 0.917. The van der Waals surface area contributed by atoms with E-state index in [2.05, 4.69) is 10.1 Å². The third kappa shape index (κ3) is 2.94. The summed E-state index contributed by atoms with van der Waals surface area (Å²) in [7, 11) is 0. The zero-order valence-electron chi connectivity index (χ0n) is 13.2. The number of halogens is 1.